The molecule has 7 nitrogen and oxygen atoms in total. The average molecular weight is 351 g/mol. The molecule has 1 heterocycles. The lowest BCUT2D eigenvalue weighted by molar-refractivity contribution is 0.127. The van der Waals surface area contributed by atoms with Crippen molar-refractivity contribution in [3.8, 4) is 11.5 Å². The number of nitrogens with one attached hydrogen (secondary N) is 2. The maximum atomic E-state index is 9.31. The van der Waals surface area contributed by atoms with Crippen LogP contribution in [0.15, 0.2) is 23.2 Å². The summed E-state index contributed by atoms with van der Waals surface area (Å²) in [4.78, 5) is 4.27. The fourth-order valence-electron chi connectivity index (χ4n) is 2.98. The van der Waals surface area contributed by atoms with E-state index in [1.165, 1.54) is 0 Å². The summed E-state index contributed by atoms with van der Waals surface area (Å²) in [5.74, 6) is 2.24. The van der Waals surface area contributed by atoms with Crippen LogP contribution in [-0.2, 0) is 11.3 Å². The van der Waals surface area contributed by atoms with Crippen LogP contribution in [0.5, 0.6) is 11.5 Å². The van der Waals surface area contributed by atoms with E-state index >= 15 is 0 Å². The molecule has 0 radical (unpaired) electrons. The quantitative estimate of drug-likeness (QED) is 0.481. The van der Waals surface area contributed by atoms with Crippen LogP contribution in [0, 0.1) is 5.41 Å². The van der Waals surface area contributed by atoms with E-state index in [-0.39, 0.29) is 12.0 Å². The second kappa shape index (κ2) is 9.48. The number of aliphatic hydroxyl groups excluding tert-OH is 1. The van der Waals surface area contributed by atoms with Crippen molar-refractivity contribution in [3.63, 3.8) is 0 Å². The van der Waals surface area contributed by atoms with E-state index < -0.39 is 0 Å². The number of aliphatic hydroxyl groups is 1. The summed E-state index contributed by atoms with van der Waals surface area (Å²) in [6.45, 7) is 2.88. The van der Waals surface area contributed by atoms with Crippen molar-refractivity contribution >= 4 is 5.96 Å². The first-order valence-corrected chi connectivity index (χ1v) is 8.50. The minimum atomic E-state index is -0.0236. The molecule has 1 aliphatic rings. The number of guanidine groups is 1. The second-order valence-corrected chi connectivity index (χ2v) is 6.23. The van der Waals surface area contributed by atoms with Gasteiger partial charge >= 0.3 is 0 Å². The fourth-order valence-corrected chi connectivity index (χ4v) is 2.98. The number of methoxy groups -OCH3 is 2. The molecule has 140 valence electrons. The summed E-state index contributed by atoms with van der Waals surface area (Å²) in [6.07, 6.45) is 1.67. The number of benzene rings is 1. The Morgan fingerprint density at radius 3 is 2.76 bits per heavy atom. The monoisotopic (exact) mass is 351 g/mol. The van der Waals surface area contributed by atoms with Gasteiger partial charge < -0.3 is 30.0 Å². The third-order valence-corrected chi connectivity index (χ3v) is 4.62. The Balaban J connectivity index is 1.92. The van der Waals surface area contributed by atoms with E-state index in [1.54, 1.807) is 21.3 Å². The van der Waals surface area contributed by atoms with Crippen LogP contribution in [0.25, 0.3) is 0 Å². The van der Waals surface area contributed by atoms with Gasteiger partial charge in [-0.3, -0.25) is 4.99 Å². The standard InChI is InChI=1S/C18H29N3O4/c1-19-17(21-12-18(6-8-22)7-9-25-13-18)20-11-14-4-5-15(23-2)10-16(14)24-3/h4-5,10,22H,6-9,11-13H2,1-3H3,(H2,19,20,21). The second-order valence-electron chi connectivity index (χ2n) is 6.23. The smallest absolute Gasteiger partial charge is 0.191 e. The first kappa shape index (κ1) is 19.3. The van der Waals surface area contributed by atoms with Crippen molar-refractivity contribution in [2.45, 2.75) is 19.4 Å². The summed E-state index contributed by atoms with van der Waals surface area (Å²) in [6, 6.07) is 5.73. The van der Waals surface area contributed by atoms with Crippen molar-refractivity contribution in [1.29, 1.82) is 0 Å². The van der Waals surface area contributed by atoms with E-state index in [1.807, 2.05) is 18.2 Å². The Kier molecular flexibility index (Phi) is 7.33. The molecule has 25 heavy (non-hydrogen) atoms. The van der Waals surface area contributed by atoms with Gasteiger partial charge in [0.2, 0.25) is 0 Å². The molecular formula is C18H29N3O4. The van der Waals surface area contributed by atoms with Gasteiger partial charge in [-0.15, -0.1) is 0 Å². The first-order chi connectivity index (χ1) is 12.2. The Bertz CT molecular complexity index is 571. The number of aliphatic imine (C=N–C) groups is 1. The first-order valence-electron chi connectivity index (χ1n) is 8.50. The van der Waals surface area contributed by atoms with Crippen molar-refractivity contribution < 1.29 is 19.3 Å². The minimum Gasteiger partial charge on any atom is -0.497 e. The Morgan fingerprint density at radius 2 is 2.16 bits per heavy atom. The van der Waals surface area contributed by atoms with Crippen LogP contribution >= 0.6 is 0 Å². The predicted molar refractivity (Wildman–Crippen MR) is 97.3 cm³/mol. The van der Waals surface area contributed by atoms with Crippen LogP contribution in [0.3, 0.4) is 0 Å². The molecule has 1 saturated heterocycles. The third-order valence-electron chi connectivity index (χ3n) is 4.62. The van der Waals surface area contributed by atoms with Gasteiger partial charge in [0, 0.05) is 50.4 Å². The molecule has 2 rings (SSSR count). The van der Waals surface area contributed by atoms with E-state index in [0.29, 0.717) is 25.7 Å². The Labute approximate surface area is 149 Å². The lowest BCUT2D eigenvalue weighted by Gasteiger charge is -2.27. The highest BCUT2D eigenvalue weighted by molar-refractivity contribution is 5.79. The number of hydrogen-bond donors (Lipinski definition) is 3. The predicted octanol–water partition coefficient (Wildman–Crippen LogP) is 1.16. The van der Waals surface area contributed by atoms with Crippen LogP contribution < -0.4 is 20.1 Å². The van der Waals surface area contributed by atoms with Crippen LogP contribution in [0.4, 0.5) is 0 Å². The van der Waals surface area contributed by atoms with Crippen molar-refractivity contribution in [2.24, 2.45) is 10.4 Å². The zero-order valence-corrected chi connectivity index (χ0v) is 15.3. The van der Waals surface area contributed by atoms with Gasteiger partial charge in [0.1, 0.15) is 11.5 Å². The lowest BCUT2D eigenvalue weighted by Crippen LogP contribution is -2.44. The highest BCUT2D eigenvalue weighted by Gasteiger charge is 2.34. The largest absolute Gasteiger partial charge is 0.497 e. The van der Waals surface area contributed by atoms with Crippen molar-refractivity contribution in [3.05, 3.63) is 23.8 Å². The van der Waals surface area contributed by atoms with Crippen molar-refractivity contribution in [2.75, 3.05) is 47.6 Å². The molecule has 1 aliphatic heterocycles. The van der Waals surface area contributed by atoms with E-state index in [9.17, 15) is 5.11 Å². The fraction of sp³-hybridized carbons (Fsp3) is 0.611. The molecule has 1 fully saturated rings. The van der Waals surface area contributed by atoms with Gasteiger partial charge in [0.15, 0.2) is 5.96 Å². The van der Waals surface area contributed by atoms with Gasteiger partial charge in [0.25, 0.3) is 0 Å². The number of rotatable bonds is 8. The molecule has 3 N–H and O–H groups in total. The maximum absolute atomic E-state index is 9.31. The topological polar surface area (TPSA) is 84.3 Å². The highest BCUT2D eigenvalue weighted by Crippen LogP contribution is 2.31. The highest BCUT2D eigenvalue weighted by atomic mass is 16.5. The summed E-state index contributed by atoms with van der Waals surface area (Å²) < 4.78 is 16.2. The number of ether oxygens (including phenoxy) is 3. The SMILES string of the molecule is CN=C(NCc1ccc(OC)cc1OC)NCC1(CCO)CCOC1. The summed E-state index contributed by atoms with van der Waals surface area (Å²) in [5, 5.41) is 16.0. The van der Waals surface area contributed by atoms with Crippen molar-refractivity contribution in [1.82, 2.24) is 10.6 Å². The van der Waals surface area contributed by atoms with Crippen LogP contribution in [-0.4, -0.2) is 58.7 Å². The average Bonchev–Trinajstić information content (AvgIpc) is 3.11. The van der Waals surface area contributed by atoms with E-state index in [2.05, 4.69) is 15.6 Å². The van der Waals surface area contributed by atoms with Crippen LogP contribution in [0.1, 0.15) is 18.4 Å². The molecule has 0 saturated carbocycles. The molecule has 1 atom stereocenters. The Morgan fingerprint density at radius 1 is 1.32 bits per heavy atom. The van der Waals surface area contributed by atoms with Gasteiger partial charge in [-0.25, -0.2) is 0 Å². The van der Waals surface area contributed by atoms with E-state index in [0.717, 1.165) is 36.5 Å². The molecule has 0 aliphatic carbocycles. The van der Waals surface area contributed by atoms with Gasteiger partial charge in [-0.05, 0) is 25.0 Å². The summed E-state index contributed by atoms with van der Waals surface area (Å²) >= 11 is 0. The molecule has 0 bridgehead atoms. The minimum absolute atomic E-state index is 0.0236. The molecule has 0 aromatic heterocycles. The zero-order chi connectivity index (χ0) is 18.1. The van der Waals surface area contributed by atoms with E-state index in [4.69, 9.17) is 14.2 Å². The zero-order valence-electron chi connectivity index (χ0n) is 15.3. The van der Waals surface area contributed by atoms with Gasteiger partial charge in [-0.1, -0.05) is 0 Å². The van der Waals surface area contributed by atoms with Gasteiger partial charge in [-0.2, -0.15) is 0 Å². The molecule has 0 spiro atoms. The van der Waals surface area contributed by atoms with Crippen LogP contribution in [0.2, 0.25) is 0 Å². The normalized spacial score (nSPS) is 20.4. The lowest BCUT2D eigenvalue weighted by atomic mass is 9.84. The molecule has 1 unspecified atom stereocenters. The summed E-state index contributed by atoms with van der Waals surface area (Å²) in [5.41, 5.74) is 0.991. The third kappa shape index (κ3) is 5.24. The molecule has 1 aromatic carbocycles. The molecule has 7 heteroatoms. The van der Waals surface area contributed by atoms with Gasteiger partial charge in [0.05, 0.1) is 20.8 Å². The molecular weight excluding hydrogens is 322 g/mol. The molecule has 1 aromatic rings. The molecule has 0 amide bonds. The Hall–Kier alpha value is -1.99. The maximum Gasteiger partial charge on any atom is 0.191 e. The number of nitrogens with zero attached hydrogens (tertiary/aromatic N) is 1. The number of hydrogen-bond acceptors (Lipinski definition) is 5. The summed E-state index contributed by atoms with van der Waals surface area (Å²) in [7, 11) is 5.02.